The molecule has 0 unspecified atom stereocenters. The fraction of sp³-hybridized carbons (Fsp3) is 0.424. The summed E-state index contributed by atoms with van der Waals surface area (Å²) in [5.74, 6) is -2.84. The highest BCUT2D eigenvalue weighted by molar-refractivity contribution is 5.95. The van der Waals surface area contributed by atoms with Crippen molar-refractivity contribution in [2.75, 3.05) is 7.11 Å². The number of amides is 4. The largest absolute Gasteiger partial charge is 0.467 e. The number of fused-ring (bicyclic) bond motifs is 1. The van der Waals surface area contributed by atoms with E-state index in [1.165, 1.54) is 21.0 Å². The van der Waals surface area contributed by atoms with Gasteiger partial charge in [-0.15, -0.1) is 0 Å². The van der Waals surface area contributed by atoms with Crippen LogP contribution in [0.2, 0.25) is 0 Å². The Kier molecular flexibility index (Phi) is 12.7. The van der Waals surface area contributed by atoms with Crippen LogP contribution in [-0.2, 0) is 41.6 Å². The summed E-state index contributed by atoms with van der Waals surface area (Å²) in [6.45, 7) is 6.77. The highest BCUT2D eigenvalue weighted by Crippen LogP contribution is 2.19. The first kappa shape index (κ1) is 34.8. The quantitative estimate of drug-likeness (QED) is 0.139. The average molecular weight is 621 g/mol. The standard InChI is InChI=1S/C33H44N6O6/c1-19(2)15-27(32(43)37-21(4)30(41)39-28(33(44)45-5)16-22-11-7-6-8-12-22)38-29(40)20(3)36-31(42)25(34)17-23-18-35-26-14-10-9-13-24(23)26/h6-14,18-21,25,27-28,35H,15-17,34H2,1-5H3,(H,36,42)(H,37,43)(H,38,40)(H,39,41)/t20-,21-,25-,27-,28-/m0/s1. The number of benzene rings is 2. The number of rotatable bonds is 15. The summed E-state index contributed by atoms with van der Waals surface area (Å²) in [6.07, 6.45) is 2.57. The van der Waals surface area contributed by atoms with E-state index < -0.39 is 59.8 Å². The molecule has 7 N–H and O–H groups in total. The third kappa shape index (κ3) is 10.2. The summed E-state index contributed by atoms with van der Waals surface area (Å²) in [7, 11) is 1.23. The van der Waals surface area contributed by atoms with Gasteiger partial charge in [0.2, 0.25) is 23.6 Å². The van der Waals surface area contributed by atoms with Gasteiger partial charge in [0.1, 0.15) is 24.2 Å². The second kappa shape index (κ2) is 16.4. The number of hydrogen-bond donors (Lipinski definition) is 6. The summed E-state index contributed by atoms with van der Waals surface area (Å²) in [5, 5.41) is 11.6. The fourth-order valence-corrected chi connectivity index (χ4v) is 4.88. The minimum absolute atomic E-state index is 0.0225. The van der Waals surface area contributed by atoms with Crippen molar-refractivity contribution >= 4 is 40.5 Å². The zero-order chi connectivity index (χ0) is 33.1. The summed E-state index contributed by atoms with van der Waals surface area (Å²) in [6, 6.07) is 12.0. The molecule has 2 aromatic carbocycles. The number of methoxy groups -OCH3 is 1. The lowest BCUT2D eigenvalue weighted by atomic mass is 10.0. The molecule has 0 saturated carbocycles. The number of hydrogen-bond acceptors (Lipinski definition) is 7. The molecule has 4 amide bonds. The molecule has 0 aliphatic heterocycles. The summed E-state index contributed by atoms with van der Waals surface area (Å²) in [4.78, 5) is 67.6. The molecule has 242 valence electrons. The lowest BCUT2D eigenvalue weighted by Crippen LogP contribution is -2.57. The van der Waals surface area contributed by atoms with E-state index >= 15 is 0 Å². The Labute approximate surface area is 263 Å². The van der Waals surface area contributed by atoms with Crippen LogP contribution in [0.1, 0.15) is 45.2 Å². The molecular formula is C33H44N6O6. The SMILES string of the molecule is COC(=O)[C@H](Cc1ccccc1)NC(=O)[C@H](C)NC(=O)[C@H](CC(C)C)NC(=O)[C@H](C)NC(=O)[C@@H](N)Cc1c[nH]c2ccccc12. The average Bonchev–Trinajstić information content (AvgIpc) is 3.42. The Morgan fingerprint density at radius 1 is 0.733 bits per heavy atom. The van der Waals surface area contributed by atoms with Gasteiger partial charge in [-0.3, -0.25) is 19.2 Å². The zero-order valence-electron chi connectivity index (χ0n) is 26.4. The number of aromatic nitrogens is 1. The number of para-hydroxylation sites is 1. The lowest BCUT2D eigenvalue weighted by molar-refractivity contribution is -0.145. The van der Waals surface area contributed by atoms with Crippen molar-refractivity contribution in [2.24, 2.45) is 11.7 Å². The van der Waals surface area contributed by atoms with Crippen LogP contribution >= 0.6 is 0 Å². The molecule has 12 nitrogen and oxygen atoms in total. The molecule has 3 rings (SSSR count). The number of aromatic amines is 1. The molecule has 45 heavy (non-hydrogen) atoms. The van der Waals surface area contributed by atoms with Crippen molar-refractivity contribution in [3.05, 3.63) is 71.9 Å². The molecule has 0 bridgehead atoms. The topological polar surface area (TPSA) is 185 Å². The van der Waals surface area contributed by atoms with Crippen molar-refractivity contribution in [1.82, 2.24) is 26.3 Å². The maximum atomic E-state index is 13.2. The third-order valence-electron chi connectivity index (χ3n) is 7.38. The number of esters is 1. The van der Waals surface area contributed by atoms with Gasteiger partial charge in [0.25, 0.3) is 0 Å². The number of nitrogens with one attached hydrogen (secondary N) is 5. The molecule has 0 saturated heterocycles. The smallest absolute Gasteiger partial charge is 0.328 e. The number of carbonyl (C=O) groups is 5. The van der Waals surface area contributed by atoms with Crippen LogP contribution in [0.25, 0.3) is 10.9 Å². The molecule has 12 heteroatoms. The van der Waals surface area contributed by atoms with Crippen LogP contribution in [0.15, 0.2) is 60.8 Å². The van der Waals surface area contributed by atoms with Gasteiger partial charge in [-0.05, 0) is 49.8 Å². The zero-order valence-corrected chi connectivity index (χ0v) is 26.4. The number of ether oxygens (including phenoxy) is 1. The van der Waals surface area contributed by atoms with E-state index in [9.17, 15) is 24.0 Å². The second-order valence-corrected chi connectivity index (χ2v) is 11.6. The van der Waals surface area contributed by atoms with Crippen molar-refractivity contribution in [2.45, 2.75) is 77.2 Å². The van der Waals surface area contributed by atoms with Gasteiger partial charge in [-0.1, -0.05) is 62.4 Å². The first-order chi connectivity index (χ1) is 21.4. The van der Waals surface area contributed by atoms with E-state index in [2.05, 4.69) is 26.3 Å². The third-order valence-corrected chi connectivity index (χ3v) is 7.38. The Bertz CT molecular complexity index is 1470. The predicted molar refractivity (Wildman–Crippen MR) is 171 cm³/mol. The first-order valence-electron chi connectivity index (χ1n) is 15.0. The number of H-pyrrole nitrogens is 1. The van der Waals surface area contributed by atoms with E-state index in [1.54, 1.807) is 0 Å². The van der Waals surface area contributed by atoms with E-state index in [0.29, 0.717) is 0 Å². The van der Waals surface area contributed by atoms with Gasteiger partial charge in [0.05, 0.1) is 13.2 Å². The van der Waals surface area contributed by atoms with Gasteiger partial charge in [-0.25, -0.2) is 4.79 Å². The van der Waals surface area contributed by atoms with Crippen molar-refractivity contribution in [3.8, 4) is 0 Å². The normalized spacial score (nSPS) is 14.5. The van der Waals surface area contributed by atoms with Gasteiger partial charge < -0.3 is 36.7 Å². The Hall–Kier alpha value is -4.71. The summed E-state index contributed by atoms with van der Waals surface area (Å²) < 4.78 is 4.85. The van der Waals surface area contributed by atoms with Crippen LogP contribution < -0.4 is 27.0 Å². The maximum absolute atomic E-state index is 13.2. The summed E-state index contributed by atoms with van der Waals surface area (Å²) >= 11 is 0. The molecular weight excluding hydrogens is 576 g/mol. The molecule has 1 heterocycles. The van der Waals surface area contributed by atoms with Crippen molar-refractivity contribution in [1.29, 1.82) is 0 Å². The molecule has 0 aliphatic carbocycles. The van der Waals surface area contributed by atoms with Crippen molar-refractivity contribution < 1.29 is 28.7 Å². The van der Waals surface area contributed by atoms with Crippen molar-refractivity contribution in [3.63, 3.8) is 0 Å². The van der Waals surface area contributed by atoms with Gasteiger partial charge in [0, 0.05) is 23.5 Å². The molecule has 5 atom stereocenters. The number of nitrogens with two attached hydrogens (primary N) is 1. The fourth-order valence-electron chi connectivity index (χ4n) is 4.88. The molecule has 1 aromatic heterocycles. The second-order valence-electron chi connectivity index (χ2n) is 11.6. The van der Waals surface area contributed by atoms with E-state index in [-0.39, 0.29) is 25.2 Å². The predicted octanol–water partition coefficient (Wildman–Crippen LogP) is 1.48. The van der Waals surface area contributed by atoms with Gasteiger partial charge in [0.15, 0.2) is 0 Å². The molecule has 0 radical (unpaired) electrons. The lowest BCUT2D eigenvalue weighted by Gasteiger charge is -2.25. The van der Waals surface area contributed by atoms with Gasteiger partial charge >= 0.3 is 5.97 Å². The highest BCUT2D eigenvalue weighted by atomic mass is 16.5. The summed E-state index contributed by atoms with van der Waals surface area (Å²) in [5.41, 5.74) is 8.81. The van der Waals surface area contributed by atoms with E-state index in [0.717, 1.165) is 22.0 Å². The monoisotopic (exact) mass is 620 g/mol. The highest BCUT2D eigenvalue weighted by Gasteiger charge is 2.30. The van der Waals surface area contributed by atoms with Crippen LogP contribution in [0.3, 0.4) is 0 Å². The maximum Gasteiger partial charge on any atom is 0.328 e. The van der Waals surface area contributed by atoms with Gasteiger partial charge in [-0.2, -0.15) is 0 Å². The molecule has 0 spiro atoms. The number of carbonyl (C=O) groups excluding carboxylic acids is 5. The van der Waals surface area contributed by atoms with E-state index in [4.69, 9.17) is 10.5 Å². The van der Waals surface area contributed by atoms with Crippen LogP contribution in [0.5, 0.6) is 0 Å². The Balaban J connectivity index is 1.57. The minimum atomic E-state index is -1.02. The van der Waals surface area contributed by atoms with Crippen LogP contribution in [0.4, 0.5) is 0 Å². The molecule has 3 aromatic rings. The molecule has 0 aliphatic rings. The Morgan fingerprint density at radius 2 is 1.31 bits per heavy atom. The van der Waals surface area contributed by atoms with Crippen LogP contribution in [-0.4, -0.2) is 71.9 Å². The minimum Gasteiger partial charge on any atom is -0.467 e. The Morgan fingerprint density at radius 3 is 1.93 bits per heavy atom. The van der Waals surface area contributed by atoms with Crippen LogP contribution in [0, 0.1) is 5.92 Å². The molecule has 0 fully saturated rings. The first-order valence-corrected chi connectivity index (χ1v) is 15.0. The van der Waals surface area contributed by atoms with E-state index in [1.807, 2.05) is 74.6 Å².